The summed E-state index contributed by atoms with van der Waals surface area (Å²) in [6, 6.07) is 12.4. The molecule has 1 aliphatic carbocycles. The fourth-order valence-corrected chi connectivity index (χ4v) is 3.00. The van der Waals surface area contributed by atoms with E-state index >= 15 is 0 Å². The molecule has 0 aliphatic heterocycles. The SMILES string of the molecule is Cc1c(C(=O)NC2(c3ccc(Br)cc3)CC2)cccc1[N+](=O)[O-]. The van der Waals surface area contributed by atoms with Crippen molar-refractivity contribution in [1.29, 1.82) is 0 Å². The lowest BCUT2D eigenvalue weighted by molar-refractivity contribution is -0.385. The summed E-state index contributed by atoms with van der Waals surface area (Å²) in [6.45, 7) is 1.60. The third-order valence-electron chi connectivity index (χ3n) is 4.25. The third-order valence-corrected chi connectivity index (χ3v) is 4.77. The number of benzene rings is 2. The van der Waals surface area contributed by atoms with Gasteiger partial charge in [0.1, 0.15) is 0 Å². The number of carbonyl (C=O) groups excluding carboxylic acids is 1. The van der Waals surface area contributed by atoms with Crippen LogP contribution in [0, 0.1) is 17.0 Å². The summed E-state index contributed by atoms with van der Waals surface area (Å²) in [7, 11) is 0. The average Bonchev–Trinajstić information content (AvgIpc) is 3.28. The van der Waals surface area contributed by atoms with Crippen LogP contribution in [0.3, 0.4) is 0 Å². The van der Waals surface area contributed by atoms with E-state index in [1.165, 1.54) is 6.07 Å². The summed E-state index contributed by atoms with van der Waals surface area (Å²) in [5, 5.41) is 14.1. The third kappa shape index (κ3) is 2.99. The quantitative estimate of drug-likeness (QED) is 0.646. The highest BCUT2D eigenvalue weighted by Crippen LogP contribution is 2.46. The van der Waals surface area contributed by atoms with Gasteiger partial charge in [-0.2, -0.15) is 0 Å². The number of hydrogen-bond donors (Lipinski definition) is 1. The molecule has 0 heterocycles. The van der Waals surface area contributed by atoms with Gasteiger partial charge < -0.3 is 5.32 Å². The minimum absolute atomic E-state index is 0.0360. The normalized spacial score (nSPS) is 15.0. The summed E-state index contributed by atoms with van der Waals surface area (Å²) < 4.78 is 0.984. The molecule has 23 heavy (non-hydrogen) atoms. The number of rotatable bonds is 4. The van der Waals surface area contributed by atoms with Crippen LogP contribution in [0.15, 0.2) is 46.9 Å². The van der Waals surface area contributed by atoms with Crippen molar-refractivity contribution in [2.75, 3.05) is 0 Å². The molecule has 5 nitrogen and oxygen atoms in total. The maximum absolute atomic E-state index is 12.6. The van der Waals surface area contributed by atoms with Gasteiger partial charge >= 0.3 is 0 Å². The fourth-order valence-electron chi connectivity index (χ4n) is 2.73. The van der Waals surface area contributed by atoms with Crippen molar-refractivity contribution in [3.05, 3.63) is 73.7 Å². The maximum atomic E-state index is 12.6. The predicted octanol–water partition coefficient (Wildman–Crippen LogP) is 4.08. The van der Waals surface area contributed by atoms with Crippen molar-refractivity contribution in [1.82, 2.24) is 5.32 Å². The minimum atomic E-state index is -0.465. The summed E-state index contributed by atoms with van der Waals surface area (Å²) in [4.78, 5) is 23.1. The van der Waals surface area contributed by atoms with Crippen molar-refractivity contribution in [3.8, 4) is 0 Å². The zero-order valence-corrected chi connectivity index (χ0v) is 14.1. The van der Waals surface area contributed by atoms with Crippen LogP contribution >= 0.6 is 15.9 Å². The van der Waals surface area contributed by atoms with Gasteiger partial charge in [-0.1, -0.05) is 34.1 Å². The molecule has 2 aromatic carbocycles. The minimum Gasteiger partial charge on any atom is -0.343 e. The molecular weight excluding hydrogens is 360 g/mol. The number of nitrogens with one attached hydrogen (secondary N) is 1. The highest BCUT2D eigenvalue weighted by atomic mass is 79.9. The molecule has 2 aromatic rings. The molecule has 0 saturated heterocycles. The Hall–Kier alpha value is -2.21. The highest BCUT2D eigenvalue weighted by Gasteiger charge is 2.45. The lowest BCUT2D eigenvalue weighted by atomic mass is 10.0. The summed E-state index contributed by atoms with van der Waals surface area (Å²) >= 11 is 3.40. The predicted molar refractivity (Wildman–Crippen MR) is 90.4 cm³/mol. The van der Waals surface area contributed by atoms with Gasteiger partial charge in [-0.25, -0.2) is 0 Å². The van der Waals surface area contributed by atoms with Crippen LogP contribution in [0.25, 0.3) is 0 Å². The van der Waals surface area contributed by atoms with E-state index in [0.29, 0.717) is 11.1 Å². The first-order valence-corrected chi connectivity index (χ1v) is 8.05. The average molecular weight is 375 g/mol. The Bertz CT molecular complexity index is 783. The molecule has 0 radical (unpaired) electrons. The van der Waals surface area contributed by atoms with E-state index in [0.717, 1.165) is 22.9 Å². The molecular formula is C17H15BrN2O3. The molecule has 1 N–H and O–H groups in total. The van der Waals surface area contributed by atoms with Crippen molar-refractivity contribution >= 4 is 27.5 Å². The van der Waals surface area contributed by atoms with Gasteiger partial charge in [0.25, 0.3) is 11.6 Å². The van der Waals surface area contributed by atoms with E-state index in [1.54, 1.807) is 19.1 Å². The van der Waals surface area contributed by atoms with E-state index in [9.17, 15) is 14.9 Å². The van der Waals surface area contributed by atoms with E-state index in [-0.39, 0.29) is 17.1 Å². The summed E-state index contributed by atoms with van der Waals surface area (Å²) in [6.07, 6.45) is 1.74. The van der Waals surface area contributed by atoms with E-state index in [4.69, 9.17) is 0 Å². The Morgan fingerprint density at radius 1 is 1.22 bits per heavy atom. The van der Waals surface area contributed by atoms with Crippen molar-refractivity contribution < 1.29 is 9.72 Å². The number of nitrogens with zero attached hydrogens (tertiary/aromatic N) is 1. The van der Waals surface area contributed by atoms with E-state index in [2.05, 4.69) is 21.2 Å². The van der Waals surface area contributed by atoms with Crippen molar-refractivity contribution in [2.24, 2.45) is 0 Å². The van der Waals surface area contributed by atoms with Crippen LogP contribution in [0.1, 0.15) is 34.3 Å². The first-order chi connectivity index (χ1) is 10.9. The smallest absolute Gasteiger partial charge is 0.273 e. The molecule has 1 aliphatic rings. The zero-order valence-electron chi connectivity index (χ0n) is 12.5. The van der Waals surface area contributed by atoms with Gasteiger partial charge in [-0.3, -0.25) is 14.9 Å². The van der Waals surface area contributed by atoms with Crippen LogP contribution in [-0.4, -0.2) is 10.8 Å². The van der Waals surface area contributed by atoms with E-state index < -0.39 is 4.92 Å². The number of nitro groups is 1. The Kier molecular flexibility index (Phi) is 3.93. The summed E-state index contributed by atoms with van der Waals surface area (Å²) in [5.74, 6) is -0.272. The molecule has 1 saturated carbocycles. The standard InChI is InChI=1S/C17H15BrN2O3/c1-11-14(3-2-4-15(11)20(22)23)16(21)19-17(9-10-17)12-5-7-13(18)8-6-12/h2-8H,9-10H2,1H3,(H,19,21). The monoisotopic (exact) mass is 374 g/mol. The largest absolute Gasteiger partial charge is 0.343 e. The van der Waals surface area contributed by atoms with Gasteiger partial charge in [0, 0.05) is 21.7 Å². The number of amides is 1. The molecule has 0 atom stereocenters. The number of halogens is 1. The van der Waals surface area contributed by atoms with Crippen LogP contribution in [0.5, 0.6) is 0 Å². The highest BCUT2D eigenvalue weighted by molar-refractivity contribution is 9.10. The Morgan fingerprint density at radius 3 is 2.43 bits per heavy atom. The molecule has 0 spiro atoms. The van der Waals surface area contributed by atoms with Gasteiger partial charge in [-0.05, 0) is 43.5 Å². The first-order valence-electron chi connectivity index (χ1n) is 7.25. The lowest BCUT2D eigenvalue weighted by Crippen LogP contribution is -2.35. The van der Waals surface area contributed by atoms with Gasteiger partial charge in [-0.15, -0.1) is 0 Å². The van der Waals surface area contributed by atoms with Crippen LogP contribution in [-0.2, 0) is 5.54 Å². The van der Waals surface area contributed by atoms with Crippen molar-refractivity contribution in [3.63, 3.8) is 0 Å². The Morgan fingerprint density at radius 2 is 1.87 bits per heavy atom. The number of nitro benzene ring substituents is 1. The van der Waals surface area contributed by atoms with Crippen LogP contribution in [0.4, 0.5) is 5.69 Å². The van der Waals surface area contributed by atoms with Crippen LogP contribution in [0.2, 0.25) is 0 Å². The molecule has 3 rings (SSSR count). The van der Waals surface area contributed by atoms with Gasteiger partial charge in [0.05, 0.1) is 10.5 Å². The second kappa shape index (κ2) is 5.77. The molecule has 118 valence electrons. The molecule has 0 unspecified atom stereocenters. The fraction of sp³-hybridized carbons (Fsp3) is 0.235. The molecule has 1 fully saturated rings. The second-order valence-electron chi connectivity index (χ2n) is 5.75. The topological polar surface area (TPSA) is 72.2 Å². The first kappa shape index (κ1) is 15.7. The molecule has 0 bridgehead atoms. The Balaban J connectivity index is 1.86. The van der Waals surface area contributed by atoms with Gasteiger partial charge in [0.2, 0.25) is 0 Å². The number of carbonyl (C=O) groups is 1. The lowest BCUT2D eigenvalue weighted by Gasteiger charge is -2.19. The Labute approximate surface area is 142 Å². The zero-order chi connectivity index (χ0) is 16.6. The number of hydrogen-bond acceptors (Lipinski definition) is 3. The van der Waals surface area contributed by atoms with Crippen molar-refractivity contribution in [2.45, 2.75) is 25.3 Å². The van der Waals surface area contributed by atoms with Gasteiger partial charge in [0.15, 0.2) is 0 Å². The second-order valence-corrected chi connectivity index (χ2v) is 6.67. The van der Waals surface area contributed by atoms with E-state index in [1.807, 2.05) is 24.3 Å². The molecule has 1 amide bonds. The molecule has 6 heteroatoms. The molecule has 0 aromatic heterocycles. The summed E-state index contributed by atoms with van der Waals surface area (Å²) in [5.41, 5.74) is 1.40. The maximum Gasteiger partial charge on any atom is 0.273 e. The van der Waals surface area contributed by atoms with Crippen LogP contribution < -0.4 is 5.32 Å².